The molecule has 6 heteroatoms. The van der Waals surface area contributed by atoms with Crippen molar-refractivity contribution in [1.29, 1.82) is 0 Å². The number of amides is 1. The van der Waals surface area contributed by atoms with Crippen molar-refractivity contribution in [3.8, 4) is 0 Å². The number of hydrogen-bond acceptors (Lipinski definition) is 3. The van der Waals surface area contributed by atoms with E-state index in [1.54, 1.807) is 12.1 Å². The van der Waals surface area contributed by atoms with Crippen LogP contribution in [-0.2, 0) is 6.54 Å². The van der Waals surface area contributed by atoms with Crippen LogP contribution in [0.25, 0.3) is 0 Å². The van der Waals surface area contributed by atoms with Crippen LogP contribution in [0.1, 0.15) is 16.1 Å². The lowest BCUT2D eigenvalue weighted by Crippen LogP contribution is -2.24. The number of halogens is 1. The molecule has 2 N–H and O–H groups in total. The maximum atomic E-state index is 13.0. The van der Waals surface area contributed by atoms with Gasteiger partial charge >= 0.3 is 0 Å². The molecule has 1 heterocycles. The summed E-state index contributed by atoms with van der Waals surface area (Å²) in [6, 6.07) is 6.95. The Morgan fingerprint density at radius 1 is 1.39 bits per heavy atom. The van der Waals surface area contributed by atoms with Gasteiger partial charge in [0.25, 0.3) is 11.5 Å². The zero-order chi connectivity index (χ0) is 13.1. The van der Waals surface area contributed by atoms with E-state index in [-0.39, 0.29) is 18.1 Å². The highest BCUT2D eigenvalue weighted by atomic mass is 19.1. The topological polar surface area (TPSA) is 78.0 Å². The molecule has 92 valence electrons. The van der Waals surface area contributed by atoms with Crippen LogP contribution in [0.2, 0.25) is 0 Å². The minimum Gasteiger partial charge on any atom is -0.364 e. The first kappa shape index (κ1) is 12.0. The molecule has 1 aromatic heterocycles. The number of aromatic nitrogens is 2. The van der Waals surface area contributed by atoms with Gasteiger partial charge in [-0.1, -0.05) is 12.1 Å². The second-order valence-electron chi connectivity index (χ2n) is 3.73. The summed E-state index contributed by atoms with van der Waals surface area (Å²) in [6.45, 7) is 0.183. The van der Waals surface area contributed by atoms with Crippen LogP contribution in [0.5, 0.6) is 0 Å². The Morgan fingerprint density at radius 2 is 2.17 bits per heavy atom. The van der Waals surface area contributed by atoms with Crippen LogP contribution in [0, 0.1) is 5.82 Å². The largest absolute Gasteiger partial charge is 0.364 e. The standard InChI is InChI=1S/C12H10FN3O2/c13-9-3-1-2-8(4-9)6-16-7-15-10(12(14)18)5-11(16)17/h1-5,7H,6H2,(H2,14,18). The summed E-state index contributed by atoms with van der Waals surface area (Å²) in [7, 11) is 0. The van der Waals surface area contributed by atoms with Gasteiger partial charge in [-0.25, -0.2) is 9.37 Å². The van der Waals surface area contributed by atoms with Gasteiger partial charge in [0, 0.05) is 6.07 Å². The first-order valence-electron chi connectivity index (χ1n) is 5.17. The Bertz CT molecular complexity index is 652. The van der Waals surface area contributed by atoms with Crippen LogP contribution in [0.15, 0.2) is 41.5 Å². The van der Waals surface area contributed by atoms with Gasteiger partial charge in [-0.15, -0.1) is 0 Å². The molecular formula is C12H10FN3O2. The van der Waals surface area contributed by atoms with E-state index in [1.807, 2.05) is 0 Å². The van der Waals surface area contributed by atoms with Crippen LogP contribution < -0.4 is 11.3 Å². The Morgan fingerprint density at radius 3 is 2.78 bits per heavy atom. The quantitative estimate of drug-likeness (QED) is 0.859. The lowest BCUT2D eigenvalue weighted by Gasteiger charge is -2.05. The molecule has 18 heavy (non-hydrogen) atoms. The maximum Gasteiger partial charge on any atom is 0.267 e. The molecule has 2 rings (SSSR count). The molecule has 0 saturated carbocycles. The van der Waals surface area contributed by atoms with Crippen molar-refractivity contribution in [1.82, 2.24) is 9.55 Å². The molecule has 0 bridgehead atoms. The molecule has 0 atom stereocenters. The van der Waals surface area contributed by atoms with Crippen molar-refractivity contribution >= 4 is 5.91 Å². The van der Waals surface area contributed by atoms with Crippen LogP contribution in [0.4, 0.5) is 4.39 Å². The molecule has 0 unspecified atom stereocenters. The maximum absolute atomic E-state index is 13.0. The summed E-state index contributed by atoms with van der Waals surface area (Å²) < 4.78 is 14.2. The molecule has 0 aliphatic heterocycles. The fourth-order valence-corrected chi connectivity index (χ4v) is 1.51. The van der Waals surface area contributed by atoms with Crippen LogP contribution >= 0.6 is 0 Å². The van der Waals surface area contributed by atoms with Gasteiger partial charge in [0.1, 0.15) is 11.5 Å². The van der Waals surface area contributed by atoms with E-state index in [1.165, 1.54) is 23.0 Å². The monoisotopic (exact) mass is 247 g/mol. The summed E-state index contributed by atoms with van der Waals surface area (Å²) in [6.07, 6.45) is 1.22. The van der Waals surface area contributed by atoms with E-state index in [0.717, 1.165) is 6.07 Å². The van der Waals surface area contributed by atoms with Crippen LogP contribution in [0.3, 0.4) is 0 Å². The molecule has 0 radical (unpaired) electrons. The predicted octanol–water partition coefficient (Wildman–Crippen LogP) is 0.530. The molecular weight excluding hydrogens is 237 g/mol. The van der Waals surface area contributed by atoms with E-state index >= 15 is 0 Å². The van der Waals surface area contributed by atoms with Gasteiger partial charge in [-0.3, -0.25) is 14.2 Å². The molecule has 1 amide bonds. The van der Waals surface area contributed by atoms with E-state index in [9.17, 15) is 14.0 Å². The second kappa shape index (κ2) is 4.79. The van der Waals surface area contributed by atoms with Gasteiger partial charge in [0.05, 0.1) is 12.9 Å². The van der Waals surface area contributed by atoms with Gasteiger partial charge in [0.15, 0.2) is 0 Å². The van der Waals surface area contributed by atoms with Crippen molar-refractivity contribution in [3.63, 3.8) is 0 Å². The molecule has 0 aliphatic rings. The highest BCUT2D eigenvalue weighted by molar-refractivity contribution is 5.90. The Hall–Kier alpha value is -2.50. The molecule has 0 spiro atoms. The van der Waals surface area contributed by atoms with Gasteiger partial charge in [-0.05, 0) is 17.7 Å². The molecule has 0 saturated heterocycles. The summed E-state index contributed by atoms with van der Waals surface area (Å²) in [4.78, 5) is 26.2. The average Bonchev–Trinajstić information content (AvgIpc) is 2.31. The molecule has 5 nitrogen and oxygen atoms in total. The molecule has 0 fully saturated rings. The fourth-order valence-electron chi connectivity index (χ4n) is 1.51. The van der Waals surface area contributed by atoms with E-state index < -0.39 is 11.5 Å². The smallest absolute Gasteiger partial charge is 0.267 e. The van der Waals surface area contributed by atoms with Crippen LogP contribution in [-0.4, -0.2) is 15.5 Å². The van der Waals surface area contributed by atoms with Crippen molar-refractivity contribution in [2.75, 3.05) is 0 Å². The predicted molar refractivity (Wildman–Crippen MR) is 62.5 cm³/mol. The third-order valence-electron chi connectivity index (χ3n) is 2.37. The first-order valence-corrected chi connectivity index (χ1v) is 5.17. The Labute approximate surface area is 102 Å². The first-order chi connectivity index (χ1) is 8.56. The third-order valence-corrected chi connectivity index (χ3v) is 2.37. The minimum atomic E-state index is -0.759. The molecule has 0 aliphatic carbocycles. The summed E-state index contributed by atoms with van der Waals surface area (Å²) in [5, 5.41) is 0. The highest BCUT2D eigenvalue weighted by Gasteiger charge is 2.05. The number of primary amides is 1. The number of carbonyl (C=O) groups is 1. The summed E-state index contributed by atoms with van der Waals surface area (Å²) in [5.74, 6) is -1.13. The molecule has 1 aromatic carbocycles. The van der Waals surface area contributed by atoms with Gasteiger partial charge < -0.3 is 5.73 Å². The Balaban J connectivity index is 2.30. The lowest BCUT2D eigenvalue weighted by molar-refractivity contribution is 0.0995. The normalized spacial score (nSPS) is 10.3. The number of rotatable bonds is 3. The zero-order valence-electron chi connectivity index (χ0n) is 9.34. The SMILES string of the molecule is NC(=O)c1cc(=O)n(Cc2cccc(F)c2)cn1. The van der Waals surface area contributed by atoms with E-state index in [4.69, 9.17) is 5.73 Å². The number of hydrogen-bond donors (Lipinski definition) is 1. The van der Waals surface area contributed by atoms with Crippen molar-refractivity contribution in [3.05, 3.63) is 64.1 Å². The third kappa shape index (κ3) is 2.60. The second-order valence-corrected chi connectivity index (χ2v) is 3.73. The number of benzene rings is 1. The van der Waals surface area contributed by atoms with E-state index in [0.29, 0.717) is 5.56 Å². The number of nitrogens with zero attached hydrogens (tertiary/aromatic N) is 2. The van der Waals surface area contributed by atoms with Gasteiger partial charge in [-0.2, -0.15) is 0 Å². The minimum absolute atomic E-state index is 0.0875. The summed E-state index contributed by atoms with van der Waals surface area (Å²) >= 11 is 0. The lowest BCUT2D eigenvalue weighted by atomic mass is 10.2. The average molecular weight is 247 g/mol. The van der Waals surface area contributed by atoms with Crippen molar-refractivity contribution in [2.24, 2.45) is 5.73 Å². The fraction of sp³-hybridized carbons (Fsp3) is 0.0833. The highest BCUT2D eigenvalue weighted by Crippen LogP contribution is 2.04. The summed E-state index contributed by atoms with van der Waals surface area (Å²) in [5.41, 5.74) is 5.13. The number of nitrogens with two attached hydrogens (primary N) is 1. The van der Waals surface area contributed by atoms with Crippen molar-refractivity contribution < 1.29 is 9.18 Å². The Kier molecular flexibility index (Phi) is 3.18. The van der Waals surface area contributed by atoms with E-state index in [2.05, 4.69) is 4.98 Å². The van der Waals surface area contributed by atoms with Gasteiger partial charge in [0.2, 0.25) is 0 Å². The number of carbonyl (C=O) groups excluding carboxylic acids is 1. The molecule has 2 aromatic rings. The van der Waals surface area contributed by atoms with Crippen molar-refractivity contribution in [2.45, 2.75) is 6.54 Å². The zero-order valence-corrected chi connectivity index (χ0v) is 9.34.